The minimum absolute atomic E-state index is 0.0302. The molecule has 1 fully saturated rings. The summed E-state index contributed by atoms with van der Waals surface area (Å²) in [5, 5.41) is 6.42. The fraction of sp³-hybridized carbons (Fsp3) is 0.520. The molecular weight excluding hydrogens is 402 g/mol. The van der Waals surface area contributed by atoms with Crippen molar-refractivity contribution in [2.24, 2.45) is 10.7 Å². The predicted octanol–water partition coefficient (Wildman–Crippen LogP) is 2.78. The number of allylic oxidation sites excluding steroid dienone is 1. The van der Waals surface area contributed by atoms with Crippen molar-refractivity contribution < 1.29 is 9.53 Å². The van der Waals surface area contributed by atoms with Crippen molar-refractivity contribution in [1.29, 1.82) is 0 Å². The maximum Gasteiger partial charge on any atom is 0.275 e. The Kier molecular flexibility index (Phi) is 9.94. The maximum atomic E-state index is 13.2. The summed E-state index contributed by atoms with van der Waals surface area (Å²) in [6.07, 6.45) is 2.21. The van der Waals surface area contributed by atoms with E-state index in [4.69, 9.17) is 10.5 Å². The summed E-state index contributed by atoms with van der Waals surface area (Å²) in [5.74, 6) is 0.436. The average molecular weight is 442 g/mol. The van der Waals surface area contributed by atoms with E-state index in [9.17, 15) is 4.79 Å². The van der Waals surface area contributed by atoms with Gasteiger partial charge < -0.3 is 26.0 Å². The van der Waals surface area contributed by atoms with Gasteiger partial charge in [-0.05, 0) is 75.2 Å². The van der Waals surface area contributed by atoms with Crippen molar-refractivity contribution in [3.63, 3.8) is 0 Å². The second-order valence-corrected chi connectivity index (χ2v) is 8.53. The molecule has 1 amide bonds. The molecule has 1 aliphatic rings. The molecule has 0 aromatic heterocycles. The third-order valence-electron chi connectivity index (χ3n) is 5.87. The van der Waals surface area contributed by atoms with Crippen LogP contribution >= 0.6 is 0 Å². The highest BCUT2D eigenvalue weighted by Crippen LogP contribution is 2.11. The highest BCUT2D eigenvalue weighted by Gasteiger charge is 2.20. The van der Waals surface area contributed by atoms with Gasteiger partial charge in [0, 0.05) is 19.6 Å². The number of likely N-dealkylation sites (N-methyl/N-ethyl adjacent to an activating group) is 1. The highest BCUT2D eigenvalue weighted by atomic mass is 16.5. The largest absolute Gasteiger partial charge is 0.404 e. The van der Waals surface area contributed by atoms with Crippen LogP contribution < -0.4 is 16.4 Å². The number of nitrogens with two attached hydrogens (primary N) is 1. The van der Waals surface area contributed by atoms with Crippen LogP contribution in [-0.2, 0) is 16.1 Å². The minimum Gasteiger partial charge on any atom is -0.404 e. The molecule has 0 aliphatic carbocycles. The summed E-state index contributed by atoms with van der Waals surface area (Å²) in [4.78, 5) is 19.9. The number of carbonyl (C=O) groups excluding carboxylic acids is 1. The minimum atomic E-state index is -0.274. The zero-order valence-electron chi connectivity index (χ0n) is 20.4. The molecule has 0 bridgehead atoms. The Morgan fingerprint density at radius 1 is 1.31 bits per heavy atom. The Hall–Kier alpha value is -2.64. The molecule has 1 atom stereocenters. The molecule has 1 aromatic carbocycles. The molecule has 176 valence electrons. The van der Waals surface area contributed by atoms with E-state index in [1.807, 2.05) is 6.92 Å². The molecule has 1 aromatic rings. The standard InChI is InChI=1S/C25H39N5O2/c1-7-17(2)24(28-14-21-9-8-18(3)19(4)12-21)29-25(31)23(20(5)13-26)27-15-22-16-30(6)10-11-32-22/h8-9,12-13,22,28H,7,10-11,14-16,26H2,1-6H3,(H,29,31)/b20-13?,24-17-,27-23?. The normalized spacial score (nSPS) is 18.9. The molecule has 1 saturated heterocycles. The first-order chi connectivity index (χ1) is 15.2. The number of ether oxygens (including phenoxy) is 1. The van der Waals surface area contributed by atoms with Crippen LogP contribution in [0, 0.1) is 13.8 Å². The summed E-state index contributed by atoms with van der Waals surface area (Å²) in [5.41, 5.74) is 11.4. The number of nitrogens with zero attached hydrogens (tertiary/aromatic N) is 2. The summed E-state index contributed by atoms with van der Waals surface area (Å²) >= 11 is 0. The van der Waals surface area contributed by atoms with Crippen LogP contribution in [0.1, 0.15) is 43.9 Å². The smallest absolute Gasteiger partial charge is 0.275 e. The van der Waals surface area contributed by atoms with Crippen LogP contribution in [0.5, 0.6) is 0 Å². The third kappa shape index (κ3) is 7.50. The first-order valence-electron chi connectivity index (χ1n) is 11.3. The van der Waals surface area contributed by atoms with Crippen molar-refractivity contribution >= 4 is 11.6 Å². The predicted molar refractivity (Wildman–Crippen MR) is 131 cm³/mol. The molecule has 0 saturated carbocycles. The van der Waals surface area contributed by atoms with E-state index in [0.29, 0.717) is 36.8 Å². The van der Waals surface area contributed by atoms with E-state index in [1.165, 1.54) is 17.3 Å². The van der Waals surface area contributed by atoms with Gasteiger partial charge in [-0.2, -0.15) is 0 Å². The summed E-state index contributed by atoms with van der Waals surface area (Å²) in [7, 11) is 2.06. The number of morpholine rings is 1. The lowest BCUT2D eigenvalue weighted by Crippen LogP contribution is -2.42. The zero-order chi connectivity index (χ0) is 23.7. The van der Waals surface area contributed by atoms with E-state index in [1.54, 1.807) is 6.92 Å². The van der Waals surface area contributed by atoms with Crippen LogP contribution in [0.15, 0.2) is 46.4 Å². The van der Waals surface area contributed by atoms with Crippen LogP contribution in [0.2, 0.25) is 0 Å². The van der Waals surface area contributed by atoms with Gasteiger partial charge in [-0.25, -0.2) is 0 Å². The number of rotatable bonds is 9. The van der Waals surface area contributed by atoms with Crippen molar-refractivity contribution in [2.45, 2.75) is 53.7 Å². The molecule has 1 unspecified atom stereocenters. The number of aryl methyl sites for hydroxylation is 2. The van der Waals surface area contributed by atoms with Gasteiger partial charge in [-0.1, -0.05) is 25.1 Å². The Labute approximate surface area is 192 Å². The van der Waals surface area contributed by atoms with E-state index in [2.05, 4.69) is 66.5 Å². The maximum absolute atomic E-state index is 13.2. The molecule has 0 radical (unpaired) electrons. The van der Waals surface area contributed by atoms with Gasteiger partial charge in [0.05, 0.1) is 19.3 Å². The van der Waals surface area contributed by atoms with Gasteiger partial charge in [0.25, 0.3) is 5.91 Å². The van der Waals surface area contributed by atoms with Gasteiger partial charge in [-0.3, -0.25) is 9.79 Å². The van der Waals surface area contributed by atoms with Crippen LogP contribution in [0.4, 0.5) is 0 Å². The lowest BCUT2D eigenvalue weighted by Gasteiger charge is -2.29. The summed E-state index contributed by atoms with van der Waals surface area (Å²) in [6.45, 7) is 13.5. The van der Waals surface area contributed by atoms with Crippen LogP contribution in [0.3, 0.4) is 0 Å². The summed E-state index contributed by atoms with van der Waals surface area (Å²) in [6, 6.07) is 6.38. The molecule has 32 heavy (non-hydrogen) atoms. The Bertz CT molecular complexity index is 888. The van der Waals surface area contributed by atoms with Crippen molar-refractivity contribution in [1.82, 2.24) is 15.5 Å². The monoisotopic (exact) mass is 441 g/mol. The first kappa shape index (κ1) is 25.6. The van der Waals surface area contributed by atoms with Gasteiger partial charge >= 0.3 is 0 Å². The van der Waals surface area contributed by atoms with E-state index < -0.39 is 0 Å². The fourth-order valence-electron chi connectivity index (χ4n) is 3.38. The van der Waals surface area contributed by atoms with Gasteiger partial charge in [0.1, 0.15) is 11.5 Å². The van der Waals surface area contributed by atoms with Crippen molar-refractivity contribution in [2.75, 3.05) is 33.3 Å². The fourth-order valence-corrected chi connectivity index (χ4v) is 3.38. The van der Waals surface area contributed by atoms with Crippen LogP contribution in [-0.4, -0.2) is 55.9 Å². The second-order valence-electron chi connectivity index (χ2n) is 8.53. The Morgan fingerprint density at radius 3 is 2.69 bits per heavy atom. The Morgan fingerprint density at radius 2 is 2.06 bits per heavy atom. The number of aliphatic imine (C=N–C) groups is 1. The molecule has 1 aliphatic heterocycles. The molecular formula is C25H39N5O2. The Balaban J connectivity index is 2.13. The molecule has 0 spiro atoms. The first-order valence-corrected chi connectivity index (χ1v) is 11.3. The molecule has 1 heterocycles. The van der Waals surface area contributed by atoms with Crippen LogP contribution in [0.25, 0.3) is 0 Å². The number of nitrogens with one attached hydrogen (secondary N) is 2. The number of hydrogen-bond acceptors (Lipinski definition) is 6. The SMILES string of the molecule is CC/C(C)=C(/NCc1ccc(C)c(C)c1)NC(=O)C(=NCC1CN(C)CCO1)C(C)=CN. The lowest BCUT2D eigenvalue weighted by atomic mass is 10.1. The van der Waals surface area contributed by atoms with Gasteiger partial charge in [0.2, 0.25) is 0 Å². The summed E-state index contributed by atoms with van der Waals surface area (Å²) < 4.78 is 5.78. The molecule has 7 heteroatoms. The number of carbonyl (C=O) groups is 1. The average Bonchev–Trinajstić information content (AvgIpc) is 2.78. The van der Waals surface area contributed by atoms with E-state index in [0.717, 1.165) is 30.6 Å². The topological polar surface area (TPSA) is 92.0 Å². The highest BCUT2D eigenvalue weighted by molar-refractivity contribution is 6.45. The number of benzene rings is 1. The number of amides is 1. The molecule has 2 rings (SSSR count). The van der Waals surface area contributed by atoms with Crippen molar-refractivity contribution in [3.8, 4) is 0 Å². The number of hydrogen-bond donors (Lipinski definition) is 3. The molecule has 4 N–H and O–H groups in total. The van der Waals surface area contributed by atoms with E-state index >= 15 is 0 Å². The second kappa shape index (κ2) is 12.4. The lowest BCUT2D eigenvalue weighted by molar-refractivity contribution is -0.114. The molecule has 7 nitrogen and oxygen atoms in total. The van der Waals surface area contributed by atoms with Gasteiger partial charge in [0.15, 0.2) is 0 Å². The quantitative estimate of drug-likeness (QED) is 0.513. The van der Waals surface area contributed by atoms with Gasteiger partial charge in [-0.15, -0.1) is 0 Å². The third-order valence-corrected chi connectivity index (χ3v) is 5.87. The van der Waals surface area contributed by atoms with Crippen molar-refractivity contribution in [3.05, 3.63) is 58.1 Å². The zero-order valence-corrected chi connectivity index (χ0v) is 20.4. The van der Waals surface area contributed by atoms with E-state index in [-0.39, 0.29) is 12.0 Å².